The molecule has 3 aromatic rings. The second-order valence-corrected chi connectivity index (χ2v) is 6.07. The zero-order valence-electron chi connectivity index (χ0n) is 14.9. The first-order valence-corrected chi connectivity index (χ1v) is 8.69. The van der Waals surface area contributed by atoms with Crippen LogP contribution in [0.3, 0.4) is 0 Å². The molecule has 2 N–H and O–H groups in total. The first kappa shape index (κ1) is 19.1. The van der Waals surface area contributed by atoms with Crippen molar-refractivity contribution in [1.29, 1.82) is 0 Å². The quantitative estimate of drug-likeness (QED) is 0.337. The lowest BCUT2D eigenvalue weighted by atomic mass is 10.2. The second-order valence-electron chi connectivity index (χ2n) is 5.66. The van der Waals surface area contributed by atoms with E-state index in [1.54, 1.807) is 6.07 Å². The zero-order valence-corrected chi connectivity index (χ0v) is 15.7. The van der Waals surface area contributed by atoms with Crippen LogP contribution in [0.2, 0.25) is 0 Å². The Bertz CT molecular complexity index is 979. The summed E-state index contributed by atoms with van der Waals surface area (Å²) >= 11 is 5.30. The summed E-state index contributed by atoms with van der Waals surface area (Å²) in [6.07, 6.45) is 0. The molecule has 0 spiro atoms. The lowest BCUT2D eigenvalue weighted by Crippen LogP contribution is -2.19. The van der Waals surface area contributed by atoms with E-state index in [0.29, 0.717) is 22.3 Å². The van der Waals surface area contributed by atoms with Gasteiger partial charge in [0.1, 0.15) is 17.2 Å². The first-order chi connectivity index (χ1) is 13.5. The highest BCUT2D eigenvalue weighted by atomic mass is 32.1. The average Bonchev–Trinajstić information content (AvgIpc) is 2.70. The third-order valence-electron chi connectivity index (χ3n) is 3.74. The summed E-state index contributed by atoms with van der Waals surface area (Å²) in [5.41, 5.74) is 1.23. The largest absolute Gasteiger partial charge is 0.494 e. The molecule has 0 aliphatic carbocycles. The van der Waals surface area contributed by atoms with Gasteiger partial charge in [0.15, 0.2) is 5.11 Å². The maximum Gasteiger partial charge on any atom is 0.273 e. The molecule has 0 bridgehead atoms. The number of hydrogen-bond acceptors (Lipinski definition) is 5. The molecule has 28 heavy (non-hydrogen) atoms. The van der Waals surface area contributed by atoms with Crippen LogP contribution in [0.25, 0.3) is 0 Å². The Kier molecular flexibility index (Phi) is 6.03. The van der Waals surface area contributed by atoms with Gasteiger partial charge in [0.25, 0.3) is 5.69 Å². The van der Waals surface area contributed by atoms with Crippen molar-refractivity contribution >= 4 is 34.4 Å². The molecule has 8 heteroatoms. The van der Waals surface area contributed by atoms with Gasteiger partial charge in [0, 0.05) is 11.8 Å². The molecule has 0 heterocycles. The fourth-order valence-electron chi connectivity index (χ4n) is 2.41. The number of non-ortho nitro benzene ring substituents is 1. The van der Waals surface area contributed by atoms with Gasteiger partial charge < -0.3 is 20.1 Å². The van der Waals surface area contributed by atoms with Gasteiger partial charge in [-0.2, -0.15) is 0 Å². The van der Waals surface area contributed by atoms with Gasteiger partial charge in [0.2, 0.25) is 0 Å². The average molecular weight is 395 g/mol. The number of thiocarbonyl (C=S) groups is 1. The smallest absolute Gasteiger partial charge is 0.273 e. The Balaban J connectivity index is 1.62. The van der Waals surface area contributed by atoms with E-state index in [1.807, 2.05) is 54.6 Å². The predicted octanol–water partition coefficient (Wildman–Crippen LogP) is 5.20. The number of methoxy groups -OCH3 is 1. The van der Waals surface area contributed by atoms with Crippen LogP contribution in [0.5, 0.6) is 17.2 Å². The van der Waals surface area contributed by atoms with Crippen LogP contribution in [0.15, 0.2) is 72.8 Å². The van der Waals surface area contributed by atoms with E-state index in [4.69, 9.17) is 21.7 Å². The molecular weight excluding hydrogens is 378 g/mol. The lowest BCUT2D eigenvalue weighted by Gasteiger charge is -2.13. The molecule has 0 amide bonds. The van der Waals surface area contributed by atoms with E-state index in [9.17, 15) is 10.1 Å². The summed E-state index contributed by atoms with van der Waals surface area (Å²) in [5, 5.41) is 17.2. The molecule has 0 atom stereocenters. The highest BCUT2D eigenvalue weighted by Gasteiger charge is 2.12. The minimum atomic E-state index is -0.484. The molecule has 0 aliphatic rings. The highest BCUT2D eigenvalue weighted by Crippen LogP contribution is 2.29. The van der Waals surface area contributed by atoms with Crippen LogP contribution >= 0.6 is 12.2 Å². The summed E-state index contributed by atoms with van der Waals surface area (Å²) < 4.78 is 10.9. The Hall–Kier alpha value is -3.65. The van der Waals surface area contributed by atoms with Gasteiger partial charge in [-0.15, -0.1) is 0 Å². The molecule has 142 valence electrons. The molecule has 0 unspecified atom stereocenters. The Morgan fingerprint density at radius 3 is 2.29 bits per heavy atom. The number of para-hydroxylation sites is 1. The predicted molar refractivity (Wildman–Crippen MR) is 112 cm³/mol. The van der Waals surface area contributed by atoms with Gasteiger partial charge in [-0.3, -0.25) is 10.1 Å². The van der Waals surface area contributed by atoms with Crippen LogP contribution < -0.4 is 20.1 Å². The van der Waals surface area contributed by atoms with E-state index >= 15 is 0 Å². The van der Waals surface area contributed by atoms with Crippen molar-refractivity contribution in [2.75, 3.05) is 17.7 Å². The standard InChI is InChI=1S/C20H17N3O4S/c1-26-19-13-15(23(24)25)9-12-18(19)22-20(28)21-14-7-10-17(11-8-14)27-16-5-3-2-4-6-16/h2-13H,1H3,(H2,21,22,28). The number of nitrogens with one attached hydrogen (secondary N) is 2. The SMILES string of the molecule is COc1cc([N+](=O)[O-])ccc1NC(=S)Nc1ccc(Oc2ccccc2)cc1. The molecule has 3 aromatic carbocycles. The third-order valence-corrected chi connectivity index (χ3v) is 3.94. The molecule has 0 fully saturated rings. The van der Waals surface area contributed by atoms with Gasteiger partial charge in [-0.25, -0.2) is 0 Å². The van der Waals surface area contributed by atoms with Crippen molar-refractivity contribution in [1.82, 2.24) is 0 Å². The normalized spacial score (nSPS) is 10.0. The fraction of sp³-hybridized carbons (Fsp3) is 0.0500. The first-order valence-electron chi connectivity index (χ1n) is 8.28. The monoisotopic (exact) mass is 395 g/mol. The van der Waals surface area contributed by atoms with Crippen molar-refractivity contribution < 1.29 is 14.4 Å². The summed E-state index contributed by atoms with van der Waals surface area (Å²) in [5.74, 6) is 1.78. The molecular formula is C20H17N3O4S. The molecule has 7 nitrogen and oxygen atoms in total. The molecule has 3 rings (SSSR count). The van der Waals surface area contributed by atoms with Crippen LogP contribution in [-0.2, 0) is 0 Å². The van der Waals surface area contributed by atoms with Gasteiger partial charge in [-0.05, 0) is 54.7 Å². The van der Waals surface area contributed by atoms with E-state index in [2.05, 4.69) is 10.6 Å². The third kappa shape index (κ3) is 4.95. The minimum absolute atomic E-state index is 0.0599. The highest BCUT2D eigenvalue weighted by molar-refractivity contribution is 7.80. The van der Waals surface area contributed by atoms with Crippen molar-refractivity contribution in [3.05, 3.63) is 82.9 Å². The number of hydrogen-bond donors (Lipinski definition) is 2. The Morgan fingerprint density at radius 1 is 0.964 bits per heavy atom. The summed E-state index contributed by atoms with van der Waals surface area (Å²) in [6.45, 7) is 0. The van der Waals surface area contributed by atoms with Crippen LogP contribution in [0.1, 0.15) is 0 Å². The summed E-state index contributed by atoms with van der Waals surface area (Å²) in [7, 11) is 1.44. The van der Waals surface area contributed by atoms with Crippen LogP contribution in [0.4, 0.5) is 17.1 Å². The topological polar surface area (TPSA) is 85.7 Å². The van der Waals surface area contributed by atoms with Crippen LogP contribution in [-0.4, -0.2) is 17.1 Å². The van der Waals surface area contributed by atoms with Gasteiger partial charge in [-0.1, -0.05) is 18.2 Å². The van der Waals surface area contributed by atoms with E-state index < -0.39 is 4.92 Å². The van der Waals surface area contributed by atoms with Crippen molar-refractivity contribution in [2.45, 2.75) is 0 Å². The number of nitro benzene ring substituents is 1. The van der Waals surface area contributed by atoms with E-state index in [1.165, 1.54) is 19.2 Å². The summed E-state index contributed by atoms with van der Waals surface area (Å²) in [4.78, 5) is 10.4. The number of ether oxygens (including phenoxy) is 2. The maximum absolute atomic E-state index is 10.9. The number of anilines is 2. The second kappa shape index (κ2) is 8.83. The van der Waals surface area contributed by atoms with Gasteiger partial charge in [0.05, 0.1) is 23.8 Å². The van der Waals surface area contributed by atoms with Crippen molar-refractivity contribution in [3.63, 3.8) is 0 Å². The van der Waals surface area contributed by atoms with E-state index in [0.717, 1.165) is 11.4 Å². The van der Waals surface area contributed by atoms with Gasteiger partial charge >= 0.3 is 0 Å². The Morgan fingerprint density at radius 2 is 1.64 bits per heavy atom. The maximum atomic E-state index is 10.9. The number of rotatable bonds is 6. The molecule has 0 saturated carbocycles. The molecule has 0 radical (unpaired) electrons. The fourth-order valence-corrected chi connectivity index (χ4v) is 2.64. The van der Waals surface area contributed by atoms with Crippen LogP contribution in [0, 0.1) is 10.1 Å². The summed E-state index contributed by atoms with van der Waals surface area (Å²) in [6, 6.07) is 21.1. The van der Waals surface area contributed by atoms with Crippen molar-refractivity contribution in [3.8, 4) is 17.2 Å². The number of benzene rings is 3. The number of nitro groups is 1. The number of nitrogens with zero attached hydrogens (tertiary/aromatic N) is 1. The molecule has 0 aromatic heterocycles. The Labute approximate surface area is 167 Å². The minimum Gasteiger partial charge on any atom is -0.494 e. The lowest BCUT2D eigenvalue weighted by molar-refractivity contribution is -0.384. The zero-order chi connectivity index (χ0) is 19.9. The van der Waals surface area contributed by atoms with Crippen molar-refractivity contribution in [2.24, 2.45) is 0 Å². The molecule has 0 aliphatic heterocycles. The molecule has 0 saturated heterocycles. The van der Waals surface area contributed by atoms with E-state index in [-0.39, 0.29) is 5.69 Å².